The van der Waals surface area contributed by atoms with E-state index < -0.39 is 0 Å². The normalized spacial score (nSPS) is 17.6. The summed E-state index contributed by atoms with van der Waals surface area (Å²) in [5.41, 5.74) is 8.22. The first-order valence-corrected chi connectivity index (χ1v) is 6.46. The number of fused-ring (bicyclic) bond motifs is 1. The molecule has 0 atom stereocenters. The lowest BCUT2D eigenvalue weighted by Gasteiger charge is -2.19. The first-order valence-electron chi connectivity index (χ1n) is 6.46. The standard InChI is InChI=1S/C14H18N2O/c15-11-6-7-13-12(9-11)16-14(17-13)8-10-4-2-1-3-5-10/h6-7,9-10H,1-5,8,15H2. The van der Waals surface area contributed by atoms with Crippen LogP contribution >= 0.6 is 0 Å². The molecule has 1 aliphatic carbocycles. The average molecular weight is 230 g/mol. The van der Waals surface area contributed by atoms with Crippen molar-refractivity contribution in [3.05, 3.63) is 24.1 Å². The molecule has 0 bridgehead atoms. The second-order valence-electron chi connectivity index (χ2n) is 5.04. The highest BCUT2D eigenvalue weighted by Gasteiger charge is 2.17. The zero-order valence-corrected chi connectivity index (χ0v) is 9.98. The van der Waals surface area contributed by atoms with E-state index in [2.05, 4.69) is 4.98 Å². The van der Waals surface area contributed by atoms with Gasteiger partial charge in [-0.1, -0.05) is 19.3 Å². The van der Waals surface area contributed by atoms with Gasteiger partial charge in [-0.3, -0.25) is 0 Å². The summed E-state index contributed by atoms with van der Waals surface area (Å²) in [6.45, 7) is 0. The van der Waals surface area contributed by atoms with Crippen LogP contribution in [0.15, 0.2) is 22.6 Å². The fraction of sp³-hybridized carbons (Fsp3) is 0.500. The highest BCUT2D eigenvalue weighted by molar-refractivity contribution is 5.76. The van der Waals surface area contributed by atoms with Crippen molar-refractivity contribution in [1.82, 2.24) is 4.98 Å². The lowest BCUT2D eigenvalue weighted by atomic mass is 9.87. The molecule has 1 saturated carbocycles. The minimum atomic E-state index is 0.745. The number of benzene rings is 1. The van der Waals surface area contributed by atoms with E-state index in [0.717, 1.165) is 35.0 Å². The molecule has 2 aromatic rings. The molecule has 1 fully saturated rings. The van der Waals surface area contributed by atoms with Gasteiger partial charge in [0.2, 0.25) is 0 Å². The van der Waals surface area contributed by atoms with Crippen LogP contribution in [-0.4, -0.2) is 4.98 Å². The van der Waals surface area contributed by atoms with Crippen LogP contribution in [0.3, 0.4) is 0 Å². The van der Waals surface area contributed by atoms with Crippen LogP contribution < -0.4 is 5.73 Å². The largest absolute Gasteiger partial charge is 0.441 e. The molecule has 0 aliphatic heterocycles. The van der Waals surface area contributed by atoms with Gasteiger partial charge in [0, 0.05) is 12.1 Å². The summed E-state index contributed by atoms with van der Waals surface area (Å²) in [5, 5.41) is 0. The highest BCUT2D eigenvalue weighted by Crippen LogP contribution is 2.28. The van der Waals surface area contributed by atoms with Gasteiger partial charge in [0.05, 0.1) is 0 Å². The molecule has 0 saturated heterocycles. The van der Waals surface area contributed by atoms with E-state index in [1.165, 1.54) is 32.1 Å². The highest BCUT2D eigenvalue weighted by atomic mass is 16.3. The molecular weight excluding hydrogens is 212 g/mol. The number of aromatic nitrogens is 1. The monoisotopic (exact) mass is 230 g/mol. The maximum absolute atomic E-state index is 5.76. The van der Waals surface area contributed by atoms with Gasteiger partial charge in [-0.15, -0.1) is 0 Å². The fourth-order valence-electron chi connectivity index (χ4n) is 2.72. The number of nitrogens with zero attached hydrogens (tertiary/aromatic N) is 1. The van der Waals surface area contributed by atoms with Gasteiger partial charge < -0.3 is 10.2 Å². The quantitative estimate of drug-likeness (QED) is 0.803. The van der Waals surface area contributed by atoms with E-state index in [0.29, 0.717) is 0 Å². The summed E-state index contributed by atoms with van der Waals surface area (Å²) in [6.07, 6.45) is 7.73. The van der Waals surface area contributed by atoms with Crippen LogP contribution in [0.25, 0.3) is 11.1 Å². The van der Waals surface area contributed by atoms with Crippen LogP contribution in [0, 0.1) is 5.92 Å². The summed E-state index contributed by atoms with van der Waals surface area (Å²) >= 11 is 0. The first-order chi connectivity index (χ1) is 8.31. The molecule has 1 aromatic heterocycles. The summed E-state index contributed by atoms with van der Waals surface area (Å²) in [5.74, 6) is 1.63. The number of anilines is 1. The molecule has 17 heavy (non-hydrogen) atoms. The zero-order valence-electron chi connectivity index (χ0n) is 9.98. The Morgan fingerprint density at radius 3 is 2.88 bits per heavy atom. The van der Waals surface area contributed by atoms with Crippen molar-refractivity contribution in [3.63, 3.8) is 0 Å². The molecule has 0 amide bonds. The summed E-state index contributed by atoms with van der Waals surface area (Å²) < 4.78 is 5.76. The molecular formula is C14H18N2O. The van der Waals surface area contributed by atoms with Gasteiger partial charge in [-0.2, -0.15) is 0 Å². The average Bonchev–Trinajstić information content (AvgIpc) is 2.71. The molecule has 1 aliphatic rings. The zero-order chi connectivity index (χ0) is 11.7. The van der Waals surface area contributed by atoms with Crippen molar-refractivity contribution in [2.24, 2.45) is 5.92 Å². The van der Waals surface area contributed by atoms with Crippen molar-refractivity contribution >= 4 is 16.8 Å². The van der Waals surface area contributed by atoms with Crippen LogP contribution in [0.5, 0.6) is 0 Å². The minimum Gasteiger partial charge on any atom is -0.441 e. The van der Waals surface area contributed by atoms with E-state index in [1.54, 1.807) is 0 Å². The van der Waals surface area contributed by atoms with Crippen LogP contribution in [0.2, 0.25) is 0 Å². The number of nitrogen functional groups attached to an aromatic ring is 1. The molecule has 0 spiro atoms. The second-order valence-corrected chi connectivity index (χ2v) is 5.04. The lowest BCUT2D eigenvalue weighted by molar-refractivity contribution is 0.332. The Hall–Kier alpha value is -1.51. The maximum Gasteiger partial charge on any atom is 0.195 e. The minimum absolute atomic E-state index is 0.745. The van der Waals surface area contributed by atoms with Crippen molar-refractivity contribution < 1.29 is 4.42 Å². The molecule has 2 N–H and O–H groups in total. The summed E-state index contributed by atoms with van der Waals surface area (Å²) in [4.78, 5) is 4.52. The third-order valence-electron chi connectivity index (χ3n) is 3.64. The van der Waals surface area contributed by atoms with E-state index >= 15 is 0 Å². The molecule has 3 nitrogen and oxygen atoms in total. The smallest absolute Gasteiger partial charge is 0.195 e. The SMILES string of the molecule is Nc1ccc2oc(CC3CCCCC3)nc2c1. The van der Waals surface area contributed by atoms with Gasteiger partial charge in [0.25, 0.3) is 0 Å². The molecule has 0 radical (unpaired) electrons. The number of nitrogens with two attached hydrogens (primary N) is 1. The van der Waals surface area contributed by atoms with Gasteiger partial charge in [-0.05, 0) is 37.0 Å². The summed E-state index contributed by atoms with van der Waals surface area (Å²) in [7, 11) is 0. The molecule has 90 valence electrons. The number of oxazole rings is 1. The third kappa shape index (κ3) is 2.28. The number of hydrogen-bond acceptors (Lipinski definition) is 3. The first kappa shape index (κ1) is 10.6. The van der Waals surface area contributed by atoms with Gasteiger partial charge >= 0.3 is 0 Å². The molecule has 3 rings (SSSR count). The van der Waals surface area contributed by atoms with E-state index in [4.69, 9.17) is 10.2 Å². The predicted molar refractivity (Wildman–Crippen MR) is 68.7 cm³/mol. The molecule has 1 heterocycles. The Balaban J connectivity index is 1.80. The Bertz CT molecular complexity index is 512. The molecule has 1 aromatic carbocycles. The van der Waals surface area contributed by atoms with Crippen molar-refractivity contribution in [1.29, 1.82) is 0 Å². The molecule has 3 heteroatoms. The third-order valence-corrected chi connectivity index (χ3v) is 3.64. The predicted octanol–water partition coefficient (Wildman–Crippen LogP) is 3.53. The van der Waals surface area contributed by atoms with Crippen molar-refractivity contribution in [3.8, 4) is 0 Å². The van der Waals surface area contributed by atoms with Gasteiger partial charge in [-0.25, -0.2) is 4.98 Å². The Morgan fingerprint density at radius 2 is 2.06 bits per heavy atom. The van der Waals surface area contributed by atoms with E-state index in [1.807, 2.05) is 18.2 Å². The lowest BCUT2D eigenvalue weighted by Crippen LogP contribution is -2.09. The Labute approximate surface area is 101 Å². The topological polar surface area (TPSA) is 52.0 Å². The van der Waals surface area contributed by atoms with Gasteiger partial charge in [0.15, 0.2) is 11.5 Å². The van der Waals surface area contributed by atoms with Crippen LogP contribution in [0.1, 0.15) is 38.0 Å². The van der Waals surface area contributed by atoms with Gasteiger partial charge in [0.1, 0.15) is 5.52 Å². The van der Waals surface area contributed by atoms with Crippen molar-refractivity contribution in [2.75, 3.05) is 5.73 Å². The number of rotatable bonds is 2. The Morgan fingerprint density at radius 1 is 1.24 bits per heavy atom. The van der Waals surface area contributed by atoms with Crippen molar-refractivity contribution in [2.45, 2.75) is 38.5 Å². The fourth-order valence-corrected chi connectivity index (χ4v) is 2.72. The second kappa shape index (κ2) is 4.40. The van der Waals surface area contributed by atoms with Crippen LogP contribution in [0.4, 0.5) is 5.69 Å². The number of hydrogen-bond donors (Lipinski definition) is 1. The molecule has 0 unspecified atom stereocenters. The Kier molecular flexibility index (Phi) is 2.75. The summed E-state index contributed by atoms with van der Waals surface area (Å²) in [6, 6.07) is 5.64. The van der Waals surface area contributed by atoms with E-state index in [-0.39, 0.29) is 0 Å². The van der Waals surface area contributed by atoms with E-state index in [9.17, 15) is 0 Å². The maximum atomic E-state index is 5.76. The van der Waals surface area contributed by atoms with Crippen LogP contribution in [-0.2, 0) is 6.42 Å².